The number of benzene rings is 1. The smallest absolute Gasteiger partial charge is 0.274 e. The maximum absolute atomic E-state index is 13.4. The van der Waals surface area contributed by atoms with Crippen LogP contribution in [0.5, 0.6) is 0 Å². The van der Waals surface area contributed by atoms with Crippen molar-refractivity contribution in [1.29, 1.82) is 0 Å². The lowest BCUT2D eigenvalue weighted by atomic mass is 9.71. The molecule has 166 valence electrons. The average molecular weight is 440 g/mol. The number of aromatic nitrogens is 2. The highest BCUT2D eigenvalue weighted by atomic mass is 32.2. The van der Waals surface area contributed by atoms with Gasteiger partial charge in [0.25, 0.3) is 5.91 Å². The molecular formula is C25H33N3O2S. The van der Waals surface area contributed by atoms with Gasteiger partial charge in [-0.25, -0.2) is 0 Å². The highest BCUT2D eigenvalue weighted by Gasteiger charge is 2.36. The summed E-state index contributed by atoms with van der Waals surface area (Å²) in [6.45, 7) is 9.62. The van der Waals surface area contributed by atoms with Crippen LogP contribution in [0.25, 0.3) is 11.3 Å². The second-order valence-corrected chi connectivity index (χ2v) is 11.2. The summed E-state index contributed by atoms with van der Waals surface area (Å²) in [6, 6.07) is 8.97. The monoisotopic (exact) mass is 439 g/mol. The van der Waals surface area contributed by atoms with Crippen LogP contribution in [0.3, 0.4) is 0 Å². The van der Waals surface area contributed by atoms with E-state index < -0.39 is 0 Å². The summed E-state index contributed by atoms with van der Waals surface area (Å²) in [7, 11) is 0. The van der Waals surface area contributed by atoms with E-state index in [1.54, 1.807) is 0 Å². The molecular weight excluding hydrogens is 406 g/mol. The van der Waals surface area contributed by atoms with Gasteiger partial charge in [-0.15, -0.1) is 11.8 Å². The van der Waals surface area contributed by atoms with Gasteiger partial charge >= 0.3 is 0 Å². The number of fused-ring (bicyclic) bond motifs is 3. The standard InChI is InChI=1S/C25H33N3O2S/c1-25(2,3)17-8-10-18(11-9-17)28-23-19-6-4-5-7-21(19)31-16-20(23)22(26-28)24(29)27-12-14-30-15-13-27/h4-7,17-18H,8-16H2,1-3H3. The first-order valence-electron chi connectivity index (χ1n) is 11.6. The quantitative estimate of drug-likeness (QED) is 0.628. The van der Waals surface area contributed by atoms with Crippen LogP contribution in [0.1, 0.15) is 68.5 Å². The Morgan fingerprint density at radius 3 is 2.52 bits per heavy atom. The topological polar surface area (TPSA) is 47.4 Å². The lowest BCUT2D eigenvalue weighted by Crippen LogP contribution is -2.41. The van der Waals surface area contributed by atoms with Gasteiger partial charge in [-0.05, 0) is 43.1 Å². The lowest BCUT2D eigenvalue weighted by Gasteiger charge is -2.37. The number of nitrogens with zero attached hydrogens (tertiary/aromatic N) is 3. The fourth-order valence-corrected chi connectivity index (χ4v) is 6.44. The fraction of sp³-hybridized carbons (Fsp3) is 0.600. The normalized spacial score (nSPS) is 23.9. The van der Waals surface area contributed by atoms with Crippen molar-refractivity contribution in [3.8, 4) is 11.3 Å². The predicted octanol–water partition coefficient (Wildman–Crippen LogP) is 5.41. The number of carbonyl (C=O) groups excluding carboxylic acids is 1. The van der Waals surface area contributed by atoms with E-state index >= 15 is 0 Å². The summed E-state index contributed by atoms with van der Waals surface area (Å²) in [6.07, 6.45) is 4.73. The largest absolute Gasteiger partial charge is 0.378 e. The zero-order valence-electron chi connectivity index (χ0n) is 18.9. The van der Waals surface area contributed by atoms with Gasteiger partial charge in [-0.3, -0.25) is 9.48 Å². The first-order valence-corrected chi connectivity index (χ1v) is 12.6. The first kappa shape index (κ1) is 21.1. The average Bonchev–Trinajstić information content (AvgIpc) is 3.19. The van der Waals surface area contributed by atoms with Gasteiger partial charge in [0.1, 0.15) is 0 Å². The van der Waals surface area contributed by atoms with Gasteiger partial charge in [-0.1, -0.05) is 39.0 Å². The first-order chi connectivity index (χ1) is 14.9. The van der Waals surface area contributed by atoms with Crippen LogP contribution < -0.4 is 0 Å². The molecule has 0 radical (unpaired) electrons. The zero-order chi connectivity index (χ0) is 21.6. The van der Waals surface area contributed by atoms with E-state index in [0.29, 0.717) is 43.5 Å². The van der Waals surface area contributed by atoms with Crippen LogP contribution in [0.2, 0.25) is 0 Å². The third-order valence-electron chi connectivity index (χ3n) is 7.29. The van der Waals surface area contributed by atoms with Gasteiger partial charge in [0.15, 0.2) is 5.69 Å². The highest BCUT2D eigenvalue weighted by Crippen LogP contribution is 2.47. The molecule has 31 heavy (non-hydrogen) atoms. The number of carbonyl (C=O) groups is 1. The van der Waals surface area contributed by atoms with Gasteiger partial charge in [0.2, 0.25) is 0 Å². The van der Waals surface area contributed by atoms with E-state index in [9.17, 15) is 4.79 Å². The SMILES string of the molecule is CC(C)(C)C1CCC(n2nc(C(=O)N3CCOCC3)c3c2-c2ccccc2SC3)CC1. The van der Waals surface area contributed by atoms with Gasteiger partial charge in [0.05, 0.1) is 24.9 Å². The summed E-state index contributed by atoms with van der Waals surface area (Å²) < 4.78 is 7.70. The number of thioether (sulfide) groups is 1. The minimum Gasteiger partial charge on any atom is -0.378 e. The second-order valence-electron chi connectivity index (χ2n) is 10.2. The Labute approximate surface area is 189 Å². The molecule has 1 aromatic heterocycles. The van der Waals surface area contributed by atoms with Crippen LogP contribution in [-0.4, -0.2) is 46.9 Å². The van der Waals surface area contributed by atoms with Crippen molar-refractivity contribution in [3.63, 3.8) is 0 Å². The molecule has 2 aromatic rings. The van der Waals surface area contributed by atoms with Crippen molar-refractivity contribution >= 4 is 17.7 Å². The molecule has 2 aliphatic heterocycles. The second kappa shape index (κ2) is 8.28. The van der Waals surface area contributed by atoms with Crippen LogP contribution in [0.4, 0.5) is 0 Å². The van der Waals surface area contributed by atoms with Crippen LogP contribution in [0, 0.1) is 11.3 Å². The molecule has 1 saturated heterocycles. The van der Waals surface area contributed by atoms with Crippen molar-refractivity contribution in [2.24, 2.45) is 11.3 Å². The molecule has 6 heteroatoms. The molecule has 1 aliphatic carbocycles. The molecule has 0 atom stereocenters. The summed E-state index contributed by atoms with van der Waals surface area (Å²) in [5, 5.41) is 5.05. The van der Waals surface area contributed by atoms with Crippen molar-refractivity contribution in [3.05, 3.63) is 35.5 Å². The Balaban J connectivity index is 1.53. The molecule has 0 unspecified atom stereocenters. The maximum atomic E-state index is 13.4. The Bertz CT molecular complexity index is 964. The van der Waals surface area contributed by atoms with E-state index in [-0.39, 0.29) is 5.91 Å². The summed E-state index contributed by atoms with van der Waals surface area (Å²) >= 11 is 1.82. The molecule has 1 amide bonds. The van der Waals surface area contributed by atoms with E-state index in [2.05, 4.69) is 49.7 Å². The number of morpholine rings is 1. The number of ether oxygens (including phenoxy) is 1. The molecule has 5 rings (SSSR count). The molecule has 1 saturated carbocycles. The number of rotatable bonds is 2. The fourth-order valence-electron chi connectivity index (χ4n) is 5.37. The molecule has 1 aromatic carbocycles. The van der Waals surface area contributed by atoms with Crippen molar-refractivity contribution < 1.29 is 9.53 Å². The van der Waals surface area contributed by atoms with Crippen LogP contribution in [-0.2, 0) is 10.5 Å². The van der Waals surface area contributed by atoms with E-state index in [1.165, 1.54) is 29.0 Å². The van der Waals surface area contributed by atoms with Crippen LogP contribution >= 0.6 is 11.8 Å². The number of hydrogen-bond donors (Lipinski definition) is 0. The third-order valence-corrected chi connectivity index (χ3v) is 8.39. The molecule has 3 heterocycles. The number of hydrogen-bond acceptors (Lipinski definition) is 4. The predicted molar refractivity (Wildman–Crippen MR) is 124 cm³/mol. The Morgan fingerprint density at radius 2 is 1.81 bits per heavy atom. The molecule has 3 aliphatic rings. The van der Waals surface area contributed by atoms with Gasteiger partial charge in [-0.2, -0.15) is 5.10 Å². The van der Waals surface area contributed by atoms with E-state index in [0.717, 1.165) is 30.1 Å². The summed E-state index contributed by atoms with van der Waals surface area (Å²) in [4.78, 5) is 16.7. The zero-order valence-corrected chi connectivity index (χ0v) is 19.7. The van der Waals surface area contributed by atoms with E-state index in [1.807, 2.05) is 16.7 Å². The van der Waals surface area contributed by atoms with Crippen molar-refractivity contribution in [1.82, 2.24) is 14.7 Å². The Morgan fingerprint density at radius 1 is 1.10 bits per heavy atom. The molecule has 0 N–H and O–H groups in total. The minimum atomic E-state index is 0.0710. The summed E-state index contributed by atoms with van der Waals surface area (Å²) in [5.41, 5.74) is 4.57. The summed E-state index contributed by atoms with van der Waals surface area (Å²) in [5.74, 6) is 1.64. The third kappa shape index (κ3) is 3.93. The molecule has 0 bridgehead atoms. The Kier molecular flexibility index (Phi) is 5.63. The highest BCUT2D eigenvalue weighted by molar-refractivity contribution is 7.98. The number of amides is 1. The molecule has 2 fully saturated rings. The van der Waals surface area contributed by atoms with E-state index in [4.69, 9.17) is 9.84 Å². The molecule has 5 nitrogen and oxygen atoms in total. The van der Waals surface area contributed by atoms with Gasteiger partial charge in [0, 0.05) is 34.9 Å². The molecule has 0 spiro atoms. The minimum absolute atomic E-state index is 0.0710. The van der Waals surface area contributed by atoms with Gasteiger partial charge < -0.3 is 9.64 Å². The van der Waals surface area contributed by atoms with Crippen molar-refractivity contribution in [2.75, 3.05) is 26.3 Å². The van der Waals surface area contributed by atoms with Crippen molar-refractivity contribution in [2.45, 2.75) is 63.1 Å². The Hall–Kier alpha value is -1.79. The maximum Gasteiger partial charge on any atom is 0.274 e. The van der Waals surface area contributed by atoms with Crippen LogP contribution in [0.15, 0.2) is 29.2 Å². The lowest BCUT2D eigenvalue weighted by molar-refractivity contribution is 0.0297.